The van der Waals surface area contributed by atoms with Crippen LogP contribution in [0, 0.1) is 10.1 Å². The zero-order chi connectivity index (χ0) is 13.9. The average molecular weight is 268 g/mol. The standard InChI is InChI=1S/C16H16N2O2/c19-18(20)16-8-4-7-13-14(16)9-10-17-15(13)11-12-5-2-1-3-6-12/h4,7-11H,1-3,5-6H2. The van der Waals surface area contributed by atoms with Gasteiger partial charge in [-0.3, -0.25) is 15.1 Å². The first-order chi connectivity index (χ1) is 9.75. The number of fused-ring (bicyclic) bond motifs is 1. The summed E-state index contributed by atoms with van der Waals surface area (Å²) in [4.78, 5) is 15.2. The monoisotopic (exact) mass is 268 g/mol. The van der Waals surface area contributed by atoms with Crippen molar-refractivity contribution < 1.29 is 4.92 Å². The number of aromatic nitrogens is 1. The number of non-ortho nitro benzene ring substituents is 1. The van der Waals surface area contributed by atoms with E-state index >= 15 is 0 Å². The molecule has 1 heterocycles. The van der Waals surface area contributed by atoms with Gasteiger partial charge < -0.3 is 0 Å². The maximum absolute atomic E-state index is 11.1. The molecule has 2 aromatic rings. The molecule has 0 aliphatic heterocycles. The van der Waals surface area contributed by atoms with E-state index < -0.39 is 0 Å². The number of nitro benzene ring substituents is 1. The quantitative estimate of drug-likeness (QED) is 0.595. The molecular weight excluding hydrogens is 252 g/mol. The molecule has 0 bridgehead atoms. The zero-order valence-electron chi connectivity index (χ0n) is 11.2. The Morgan fingerprint density at radius 2 is 1.90 bits per heavy atom. The lowest BCUT2D eigenvalue weighted by Crippen LogP contribution is -1.95. The van der Waals surface area contributed by atoms with E-state index in [9.17, 15) is 10.1 Å². The number of hydrogen-bond donors (Lipinski definition) is 0. The second-order valence-electron chi connectivity index (χ2n) is 5.19. The van der Waals surface area contributed by atoms with Gasteiger partial charge in [0.15, 0.2) is 0 Å². The van der Waals surface area contributed by atoms with Crippen LogP contribution in [0.1, 0.15) is 37.8 Å². The van der Waals surface area contributed by atoms with Crippen molar-refractivity contribution in [2.75, 3.05) is 0 Å². The SMILES string of the molecule is O=[N+]([O-])c1cccc2c(C=C3CCCCC3)nccc12. The van der Waals surface area contributed by atoms with E-state index in [1.54, 1.807) is 24.4 Å². The van der Waals surface area contributed by atoms with Crippen molar-refractivity contribution in [3.8, 4) is 0 Å². The molecule has 0 radical (unpaired) electrons. The first-order valence-electron chi connectivity index (χ1n) is 6.97. The van der Waals surface area contributed by atoms with Crippen molar-refractivity contribution in [1.29, 1.82) is 0 Å². The Labute approximate surface area is 117 Å². The number of pyridine rings is 1. The number of benzene rings is 1. The van der Waals surface area contributed by atoms with Crippen molar-refractivity contribution in [3.63, 3.8) is 0 Å². The van der Waals surface area contributed by atoms with Crippen LogP contribution >= 0.6 is 0 Å². The third kappa shape index (κ3) is 2.41. The van der Waals surface area contributed by atoms with Gasteiger partial charge in [-0.25, -0.2) is 0 Å². The predicted molar refractivity (Wildman–Crippen MR) is 79.5 cm³/mol. The van der Waals surface area contributed by atoms with E-state index in [0.717, 1.165) is 23.9 Å². The molecule has 1 saturated carbocycles. The summed E-state index contributed by atoms with van der Waals surface area (Å²) in [6.07, 6.45) is 9.77. The van der Waals surface area contributed by atoms with Crippen LogP contribution in [0.4, 0.5) is 5.69 Å². The molecule has 102 valence electrons. The zero-order valence-corrected chi connectivity index (χ0v) is 11.2. The van der Waals surface area contributed by atoms with Crippen LogP contribution in [0.25, 0.3) is 16.8 Å². The summed E-state index contributed by atoms with van der Waals surface area (Å²) in [6, 6.07) is 6.89. The number of hydrogen-bond acceptors (Lipinski definition) is 3. The highest BCUT2D eigenvalue weighted by Gasteiger charge is 2.13. The fraction of sp³-hybridized carbons (Fsp3) is 0.312. The van der Waals surface area contributed by atoms with Crippen molar-refractivity contribution >= 4 is 22.5 Å². The molecule has 3 rings (SSSR count). The highest BCUT2D eigenvalue weighted by Crippen LogP contribution is 2.30. The molecule has 0 N–H and O–H groups in total. The molecule has 1 aromatic carbocycles. The molecule has 4 nitrogen and oxygen atoms in total. The van der Waals surface area contributed by atoms with E-state index in [0.29, 0.717) is 5.39 Å². The fourth-order valence-corrected chi connectivity index (χ4v) is 2.83. The molecule has 1 aromatic heterocycles. The molecule has 1 fully saturated rings. The van der Waals surface area contributed by atoms with Crippen LogP contribution in [0.5, 0.6) is 0 Å². The summed E-state index contributed by atoms with van der Waals surface area (Å²) in [5.41, 5.74) is 2.40. The summed E-state index contributed by atoms with van der Waals surface area (Å²) in [6.45, 7) is 0. The van der Waals surface area contributed by atoms with Gasteiger partial charge in [-0.2, -0.15) is 0 Å². The molecule has 0 unspecified atom stereocenters. The number of nitro groups is 1. The van der Waals surface area contributed by atoms with Gasteiger partial charge in [-0.05, 0) is 37.8 Å². The first-order valence-corrected chi connectivity index (χ1v) is 6.97. The van der Waals surface area contributed by atoms with E-state index in [1.165, 1.54) is 24.8 Å². The van der Waals surface area contributed by atoms with Crippen molar-refractivity contribution in [3.05, 3.63) is 51.8 Å². The van der Waals surface area contributed by atoms with E-state index in [1.807, 2.05) is 6.07 Å². The van der Waals surface area contributed by atoms with Crippen molar-refractivity contribution in [1.82, 2.24) is 4.98 Å². The molecule has 0 amide bonds. The van der Waals surface area contributed by atoms with E-state index in [2.05, 4.69) is 11.1 Å². The van der Waals surface area contributed by atoms with Gasteiger partial charge in [-0.15, -0.1) is 0 Å². The maximum atomic E-state index is 11.1. The van der Waals surface area contributed by atoms with Gasteiger partial charge in [0.25, 0.3) is 5.69 Å². The lowest BCUT2D eigenvalue weighted by Gasteiger charge is -2.13. The van der Waals surface area contributed by atoms with Gasteiger partial charge in [0.1, 0.15) is 0 Å². The Kier molecular flexibility index (Phi) is 3.46. The summed E-state index contributed by atoms with van der Waals surface area (Å²) in [7, 11) is 0. The highest BCUT2D eigenvalue weighted by molar-refractivity contribution is 5.95. The molecule has 0 spiro atoms. The Morgan fingerprint density at radius 3 is 2.65 bits per heavy atom. The van der Waals surface area contributed by atoms with Gasteiger partial charge in [0.05, 0.1) is 16.0 Å². The Hall–Kier alpha value is -2.23. The van der Waals surface area contributed by atoms with Crippen LogP contribution in [-0.2, 0) is 0 Å². The highest BCUT2D eigenvalue weighted by atomic mass is 16.6. The van der Waals surface area contributed by atoms with E-state index in [4.69, 9.17) is 0 Å². The minimum atomic E-state index is -0.333. The Balaban J connectivity index is 2.12. The number of allylic oxidation sites excluding steroid dienone is 1. The largest absolute Gasteiger partial charge is 0.277 e. The molecule has 0 atom stereocenters. The van der Waals surface area contributed by atoms with Crippen LogP contribution in [0.3, 0.4) is 0 Å². The molecule has 1 aliphatic carbocycles. The van der Waals surface area contributed by atoms with Crippen LogP contribution in [-0.4, -0.2) is 9.91 Å². The fourth-order valence-electron chi connectivity index (χ4n) is 2.83. The summed E-state index contributed by atoms with van der Waals surface area (Å²) in [5, 5.41) is 12.6. The lowest BCUT2D eigenvalue weighted by atomic mass is 9.93. The number of rotatable bonds is 2. The second kappa shape index (κ2) is 5.41. The molecule has 20 heavy (non-hydrogen) atoms. The van der Waals surface area contributed by atoms with Gasteiger partial charge in [-0.1, -0.05) is 24.1 Å². The van der Waals surface area contributed by atoms with Gasteiger partial charge >= 0.3 is 0 Å². The summed E-state index contributed by atoms with van der Waals surface area (Å²) >= 11 is 0. The average Bonchev–Trinajstić information content (AvgIpc) is 2.48. The second-order valence-corrected chi connectivity index (χ2v) is 5.19. The Bertz CT molecular complexity index is 684. The number of nitrogens with zero attached hydrogens (tertiary/aromatic N) is 2. The minimum absolute atomic E-state index is 0.146. The van der Waals surface area contributed by atoms with E-state index in [-0.39, 0.29) is 10.6 Å². The lowest BCUT2D eigenvalue weighted by molar-refractivity contribution is -0.383. The van der Waals surface area contributed by atoms with Crippen molar-refractivity contribution in [2.45, 2.75) is 32.1 Å². The van der Waals surface area contributed by atoms with Gasteiger partial charge in [0, 0.05) is 17.6 Å². The van der Waals surface area contributed by atoms with Crippen molar-refractivity contribution in [2.24, 2.45) is 0 Å². The first kappa shape index (κ1) is 12.8. The van der Waals surface area contributed by atoms with Crippen LogP contribution < -0.4 is 0 Å². The Morgan fingerprint density at radius 1 is 1.10 bits per heavy atom. The third-order valence-electron chi connectivity index (χ3n) is 3.85. The minimum Gasteiger partial charge on any atom is -0.258 e. The topological polar surface area (TPSA) is 56.0 Å². The third-order valence-corrected chi connectivity index (χ3v) is 3.85. The summed E-state index contributed by atoms with van der Waals surface area (Å²) in [5.74, 6) is 0. The predicted octanol–water partition coefficient (Wildman–Crippen LogP) is 4.49. The van der Waals surface area contributed by atoms with Crippen LogP contribution in [0.15, 0.2) is 36.0 Å². The molecule has 0 saturated heterocycles. The molecular formula is C16H16N2O2. The van der Waals surface area contributed by atoms with Gasteiger partial charge in [0.2, 0.25) is 0 Å². The molecule has 4 heteroatoms. The molecule has 1 aliphatic rings. The summed E-state index contributed by atoms with van der Waals surface area (Å²) < 4.78 is 0. The van der Waals surface area contributed by atoms with Crippen LogP contribution in [0.2, 0.25) is 0 Å². The maximum Gasteiger partial charge on any atom is 0.277 e. The normalized spacial score (nSPS) is 15.3. The smallest absolute Gasteiger partial charge is 0.258 e.